The van der Waals surface area contributed by atoms with Gasteiger partial charge in [-0.25, -0.2) is 8.42 Å². The average Bonchev–Trinajstić information content (AvgIpc) is 2.57. The molecule has 9 heteroatoms. The van der Waals surface area contributed by atoms with Crippen LogP contribution in [0.4, 0.5) is 5.69 Å². The number of carboxylic acid groups (broad SMARTS) is 1. The number of carboxylic acids is 1. The monoisotopic (exact) mass is 403 g/mol. The predicted molar refractivity (Wildman–Crippen MR) is 96.2 cm³/mol. The Balaban J connectivity index is 2.52. The van der Waals surface area contributed by atoms with E-state index in [1.807, 2.05) is 0 Å². The van der Waals surface area contributed by atoms with Gasteiger partial charge in [-0.15, -0.1) is 0 Å². The lowest BCUT2D eigenvalue weighted by Gasteiger charge is -2.24. The normalized spacial score (nSPS) is 11.2. The first-order chi connectivity index (χ1) is 11.8. The van der Waals surface area contributed by atoms with E-state index in [1.165, 1.54) is 31.4 Å². The van der Waals surface area contributed by atoms with Gasteiger partial charge in [-0.1, -0.05) is 29.3 Å². The molecule has 1 N–H and O–H groups in total. The maximum atomic E-state index is 13.0. The van der Waals surface area contributed by atoms with E-state index in [0.717, 1.165) is 4.31 Å². The van der Waals surface area contributed by atoms with Crippen molar-refractivity contribution in [2.24, 2.45) is 0 Å². The summed E-state index contributed by atoms with van der Waals surface area (Å²) in [6, 6.07) is 10.3. The van der Waals surface area contributed by atoms with E-state index in [0.29, 0.717) is 5.75 Å². The first-order valence-corrected chi connectivity index (χ1v) is 9.29. The van der Waals surface area contributed by atoms with E-state index < -0.39 is 16.0 Å². The van der Waals surface area contributed by atoms with Crippen molar-refractivity contribution in [3.8, 4) is 5.75 Å². The number of methoxy groups -OCH3 is 1. The lowest BCUT2D eigenvalue weighted by Crippen LogP contribution is -2.33. The van der Waals surface area contributed by atoms with E-state index in [9.17, 15) is 13.2 Å². The van der Waals surface area contributed by atoms with Gasteiger partial charge in [0.2, 0.25) is 0 Å². The molecule has 2 aromatic rings. The van der Waals surface area contributed by atoms with Crippen LogP contribution in [-0.4, -0.2) is 33.1 Å². The molecule has 134 valence electrons. The Hall–Kier alpha value is -1.96. The van der Waals surface area contributed by atoms with Gasteiger partial charge in [0.25, 0.3) is 10.0 Å². The van der Waals surface area contributed by atoms with Crippen molar-refractivity contribution in [2.45, 2.75) is 11.3 Å². The van der Waals surface area contributed by atoms with Gasteiger partial charge in [0.05, 0.1) is 34.2 Å². The van der Waals surface area contributed by atoms with Crippen molar-refractivity contribution < 1.29 is 23.1 Å². The second kappa shape index (κ2) is 7.95. The topological polar surface area (TPSA) is 83.9 Å². The number of carbonyl (C=O) groups is 1. The predicted octanol–water partition coefficient (Wildman–Crippen LogP) is 3.67. The number of aliphatic carboxylic acids is 1. The lowest BCUT2D eigenvalue weighted by molar-refractivity contribution is -0.136. The number of benzene rings is 2. The molecular formula is C16H15Cl2NO5S. The molecule has 0 aromatic heterocycles. The van der Waals surface area contributed by atoms with Crippen molar-refractivity contribution in [1.29, 1.82) is 0 Å². The number of halogens is 2. The third kappa shape index (κ3) is 4.56. The number of hydrogen-bond donors (Lipinski definition) is 1. The van der Waals surface area contributed by atoms with Gasteiger partial charge in [-0.3, -0.25) is 9.10 Å². The third-order valence-electron chi connectivity index (χ3n) is 3.35. The van der Waals surface area contributed by atoms with Crippen LogP contribution in [0.2, 0.25) is 10.0 Å². The molecular weight excluding hydrogens is 389 g/mol. The first-order valence-electron chi connectivity index (χ1n) is 7.09. The fourth-order valence-corrected chi connectivity index (χ4v) is 3.96. The Morgan fingerprint density at radius 3 is 2.48 bits per heavy atom. The average molecular weight is 404 g/mol. The van der Waals surface area contributed by atoms with Gasteiger partial charge in [-0.05, 0) is 30.3 Å². The van der Waals surface area contributed by atoms with Gasteiger partial charge >= 0.3 is 5.97 Å². The fourth-order valence-electron chi connectivity index (χ4n) is 2.12. The molecule has 0 saturated carbocycles. The molecule has 2 aromatic carbocycles. The highest BCUT2D eigenvalue weighted by Crippen LogP contribution is 2.30. The molecule has 0 amide bonds. The molecule has 25 heavy (non-hydrogen) atoms. The van der Waals surface area contributed by atoms with Gasteiger partial charge in [0, 0.05) is 12.6 Å². The van der Waals surface area contributed by atoms with Crippen LogP contribution in [0.3, 0.4) is 0 Å². The molecule has 0 saturated heterocycles. The summed E-state index contributed by atoms with van der Waals surface area (Å²) in [4.78, 5) is 10.8. The third-order valence-corrected chi connectivity index (χ3v) is 5.91. The van der Waals surface area contributed by atoms with E-state index in [-0.39, 0.29) is 33.6 Å². The quantitative estimate of drug-likeness (QED) is 0.761. The maximum absolute atomic E-state index is 13.0. The minimum Gasteiger partial charge on any atom is -0.497 e. The van der Waals surface area contributed by atoms with Crippen LogP contribution in [0.1, 0.15) is 6.42 Å². The van der Waals surface area contributed by atoms with Gasteiger partial charge in [-0.2, -0.15) is 0 Å². The maximum Gasteiger partial charge on any atom is 0.305 e. The van der Waals surface area contributed by atoms with E-state index in [1.54, 1.807) is 18.2 Å². The molecule has 0 radical (unpaired) electrons. The van der Waals surface area contributed by atoms with Crippen molar-refractivity contribution >= 4 is 44.9 Å². The Morgan fingerprint density at radius 1 is 1.16 bits per heavy atom. The smallest absolute Gasteiger partial charge is 0.305 e. The van der Waals surface area contributed by atoms with E-state index in [2.05, 4.69) is 0 Å². The minimum atomic E-state index is -4.04. The van der Waals surface area contributed by atoms with Crippen LogP contribution in [-0.2, 0) is 14.8 Å². The van der Waals surface area contributed by atoms with Crippen LogP contribution >= 0.6 is 23.2 Å². The van der Waals surface area contributed by atoms with Crippen LogP contribution in [0.5, 0.6) is 5.75 Å². The van der Waals surface area contributed by atoms with Crippen LogP contribution in [0.25, 0.3) is 0 Å². The largest absolute Gasteiger partial charge is 0.497 e. The summed E-state index contributed by atoms with van der Waals surface area (Å²) in [7, 11) is -2.59. The summed E-state index contributed by atoms with van der Waals surface area (Å²) in [6.07, 6.45) is -0.363. The first kappa shape index (κ1) is 19.4. The Kier molecular flexibility index (Phi) is 6.16. The van der Waals surface area contributed by atoms with Crippen LogP contribution in [0.15, 0.2) is 47.4 Å². The highest BCUT2D eigenvalue weighted by Gasteiger charge is 2.26. The SMILES string of the molecule is COc1cccc(N(CCC(=O)O)S(=O)(=O)c2ccc(Cl)c(Cl)c2)c1. The number of hydrogen-bond acceptors (Lipinski definition) is 4. The molecule has 0 atom stereocenters. The number of ether oxygens (including phenoxy) is 1. The zero-order valence-electron chi connectivity index (χ0n) is 13.1. The second-order valence-electron chi connectivity index (χ2n) is 5.00. The Bertz CT molecular complexity index is 886. The molecule has 0 unspecified atom stereocenters. The summed E-state index contributed by atoms with van der Waals surface area (Å²) >= 11 is 11.8. The van der Waals surface area contributed by atoms with Gasteiger partial charge < -0.3 is 9.84 Å². The minimum absolute atomic E-state index is 0.0879. The fraction of sp³-hybridized carbons (Fsp3) is 0.188. The molecule has 0 aliphatic carbocycles. The molecule has 0 fully saturated rings. The van der Waals surface area contributed by atoms with E-state index in [4.69, 9.17) is 33.0 Å². The van der Waals surface area contributed by atoms with Crippen molar-refractivity contribution in [3.05, 3.63) is 52.5 Å². The highest BCUT2D eigenvalue weighted by molar-refractivity contribution is 7.92. The number of rotatable bonds is 7. The molecule has 2 rings (SSSR count). The summed E-state index contributed by atoms with van der Waals surface area (Å²) in [5, 5.41) is 9.25. The summed E-state index contributed by atoms with van der Waals surface area (Å²) in [5.41, 5.74) is 0.284. The van der Waals surface area contributed by atoms with Crippen LogP contribution in [0, 0.1) is 0 Å². The summed E-state index contributed by atoms with van der Waals surface area (Å²) in [6.45, 7) is -0.245. The van der Waals surface area contributed by atoms with Crippen LogP contribution < -0.4 is 9.04 Å². The Labute approximate surface area is 155 Å². The summed E-state index contributed by atoms with van der Waals surface area (Å²) < 4.78 is 32.1. The van der Waals surface area contributed by atoms with Gasteiger partial charge in [0.1, 0.15) is 5.75 Å². The molecule has 0 heterocycles. The lowest BCUT2D eigenvalue weighted by atomic mass is 10.3. The molecule has 6 nitrogen and oxygen atoms in total. The molecule has 0 spiro atoms. The second-order valence-corrected chi connectivity index (χ2v) is 7.68. The van der Waals surface area contributed by atoms with Crippen molar-refractivity contribution in [3.63, 3.8) is 0 Å². The van der Waals surface area contributed by atoms with Gasteiger partial charge in [0.15, 0.2) is 0 Å². The molecule has 0 aliphatic heterocycles. The molecule has 0 aliphatic rings. The standard InChI is InChI=1S/C16H15Cl2NO5S/c1-24-12-4-2-3-11(9-12)19(8-7-16(20)21)25(22,23)13-5-6-14(17)15(18)10-13/h2-6,9-10H,7-8H2,1H3,(H,20,21). The highest BCUT2D eigenvalue weighted by atomic mass is 35.5. The van der Waals surface area contributed by atoms with Crippen molar-refractivity contribution in [1.82, 2.24) is 0 Å². The van der Waals surface area contributed by atoms with Crippen molar-refractivity contribution in [2.75, 3.05) is 18.0 Å². The summed E-state index contributed by atoms with van der Waals surface area (Å²) in [5.74, 6) is -0.667. The number of anilines is 1. The zero-order chi connectivity index (χ0) is 18.6. The Morgan fingerprint density at radius 2 is 1.88 bits per heavy atom. The zero-order valence-corrected chi connectivity index (χ0v) is 15.5. The molecule has 0 bridgehead atoms. The number of nitrogens with zero attached hydrogens (tertiary/aromatic N) is 1. The van der Waals surface area contributed by atoms with E-state index >= 15 is 0 Å². The number of sulfonamides is 1.